The minimum absolute atomic E-state index is 0.0296. The first-order valence-electron chi connectivity index (χ1n) is 10.8. The van der Waals surface area contributed by atoms with Crippen LogP contribution in [0.4, 0.5) is 8.78 Å². The zero-order valence-electron chi connectivity index (χ0n) is 16.7. The van der Waals surface area contributed by atoms with Crippen molar-refractivity contribution in [3.05, 3.63) is 47.5 Å². The van der Waals surface area contributed by atoms with E-state index >= 15 is 0 Å². The summed E-state index contributed by atoms with van der Waals surface area (Å²) in [7, 11) is 0. The van der Waals surface area contributed by atoms with Gasteiger partial charge in [-0.1, -0.05) is 32.3 Å². The van der Waals surface area contributed by atoms with Gasteiger partial charge in [0.25, 0.3) is 0 Å². The Hall–Kier alpha value is -1.22. The van der Waals surface area contributed by atoms with E-state index in [0.717, 1.165) is 36.2 Å². The third-order valence-corrected chi connectivity index (χ3v) is 7.02. The lowest BCUT2D eigenvalue weighted by atomic mass is 9.68. The molecule has 150 valence electrons. The van der Waals surface area contributed by atoms with E-state index in [2.05, 4.69) is 13.5 Å². The molecule has 2 aliphatic rings. The first kappa shape index (κ1) is 20.5. The predicted molar refractivity (Wildman–Crippen MR) is 107 cm³/mol. The zero-order chi connectivity index (χ0) is 19.2. The van der Waals surface area contributed by atoms with Crippen molar-refractivity contribution in [3.8, 4) is 0 Å². The molecule has 0 N–H and O–H groups in total. The maximum Gasteiger partial charge on any atom is 0.131 e. The normalized spacial score (nSPS) is 28.9. The second-order valence-electron chi connectivity index (χ2n) is 8.57. The largest absolute Gasteiger partial charge is 0.373 e. The number of hydrogen-bond acceptors (Lipinski definition) is 1. The van der Waals surface area contributed by atoms with Crippen LogP contribution in [0.5, 0.6) is 0 Å². The molecule has 0 aliphatic heterocycles. The lowest BCUT2D eigenvalue weighted by molar-refractivity contribution is 0.142. The summed E-state index contributed by atoms with van der Waals surface area (Å²) < 4.78 is 34.0. The molecular weight excluding hydrogens is 342 g/mol. The molecule has 0 saturated heterocycles. The number of hydrogen-bond donors (Lipinski definition) is 0. The van der Waals surface area contributed by atoms with Gasteiger partial charge < -0.3 is 4.74 Å². The Labute approximate surface area is 163 Å². The third-order valence-electron chi connectivity index (χ3n) is 7.02. The Morgan fingerprint density at radius 1 is 0.963 bits per heavy atom. The Balaban J connectivity index is 1.55. The Bertz CT molecular complexity index is 588. The molecular formula is C24H34F2O. The molecule has 0 unspecified atom stereocenters. The minimum atomic E-state index is -0.478. The second-order valence-corrected chi connectivity index (χ2v) is 8.57. The monoisotopic (exact) mass is 376 g/mol. The smallest absolute Gasteiger partial charge is 0.131 e. The summed E-state index contributed by atoms with van der Waals surface area (Å²) in [5.74, 6) is 1.98. The van der Waals surface area contributed by atoms with Gasteiger partial charge in [-0.15, -0.1) is 6.58 Å². The van der Waals surface area contributed by atoms with Crippen molar-refractivity contribution in [2.45, 2.75) is 77.2 Å². The lowest BCUT2D eigenvalue weighted by Crippen LogP contribution is -2.25. The van der Waals surface area contributed by atoms with Gasteiger partial charge in [0.15, 0.2) is 0 Å². The van der Waals surface area contributed by atoms with E-state index in [9.17, 15) is 8.78 Å². The first-order chi connectivity index (χ1) is 13.1. The van der Waals surface area contributed by atoms with Crippen LogP contribution in [0, 0.1) is 29.4 Å². The molecule has 1 nitrogen and oxygen atoms in total. The van der Waals surface area contributed by atoms with Crippen molar-refractivity contribution in [2.24, 2.45) is 17.8 Å². The van der Waals surface area contributed by atoms with Gasteiger partial charge in [0, 0.05) is 5.56 Å². The molecule has 0 bridgehead atoms. The molecule has 1 aromatic carbocycles. The van der Waals surface area contributed by atoms with Gasteiger partial charge in [0.1, 0.15) is 11.6 Å². The number of rotatable bonds is 7. The van der Waals surface area contributed by atoms with E-state index < -0.39 is 11.6 Å². The first-order valence-corrected chi connectivity index (χ1v) is 10.8. The summed E-state index contributed by atoms with van der Waals surface area (Å²) in [6.45, 7) is 6.11. The molecule has 0 aromatic heterocycles. The van der Waals surface area contributed by atoms with Gasteiger partial charge in [-0.2, -0.15) is 0 Å². The molecule has 3 rings (SSSR count). The van der Waals surface area contributed by atoms with Crippen LogP contribution in [0.2, 0.25) is 0 Å². The van der Waals surface area contributed by atoms with Crippen LogP contribution in [-0.2, 0) is 11.3 Å². The molecule has 1 aromatic rings. The standard InChI is InChI=1S/C24H34F2O/c1-3-13-27-16-22-23(25)14-21(15-24(22)26)20-11-9-19(10-12-20)18-7-5-17(4-2)6-8-18/h3,14-15,17-20H,1,4-13,16H2,2H3. The molecule has 2 fully saturated rings. The SMILES string of the molecule is C=CCOCc1c(F)cc(C2CCC(C3CCC(CC)CC3)CC2)cc1F. The zero-order valence-corrected chi connectivity index (χ0v) is 16.7. The highest BCUT2D eigenvalue weighted by molar-refractivity contribution is 5.28. The van der Waals surface area contributed by atoms with Gasteiger partial charge in [-0.25, -0.2) is 8.78 Å². The van der Waals surface area contributed by atoms with Crippen molar-refractivity contribution in [1.29, 1.82) is 0 Å². The summed E-state index contributed by atoms with van der Waals surface area (Å²) in [5.41, 5.74) is 0.854. The maximum absolute atomic E-state index is 14.4. The number of ether oxygens (including phenoxy) is 1. The molecule has 0 atom stereocenters. The summed E-state index contributed by atoms with van der Waals surface area (Å²) in [4.78, 5) is 0. The Morgan fingerprint density at radius 2 is 1.52 bits per heavy atom. The van der Waals surface area contributed by atoms with Gasteiger partial charge in [-0.3, -0.25) is 0 Å². The highest BCUT2D eigenvalue weighted by Gasteiger charge is 2.31. The maximum atomic E-state index is 14.4. The van der Waals surface area contributed by atoms with E-state index in [1.54, 1.807) is 6.08 Å². The quantitative estimate of drug-likeness (QED) is 0.362. The average molecular weight is 377 g/mol. The van der Waals surface area contributed by atoms with Crippen molar-refractivity contribution >= 4 is 0 Å². The van der Waals surface area contributed by atoms with Crippen LogP contribution in [0.1, 0.15) is 81.8 Å². The van der Waals surface area contributed by atoms with E-state index in [0.29, 0.717) is 12.5 Å². The van der Waals surface area contributed by atoms with Crippen molar-refractivity contribution in [1.82, 2.24) is 0 Å². The number of halogens is 2. The molecule has 27 heavy (non-hydrogen) atoms. The van der Waals surface area contributed by atoms with Gasteiger partial charge >= 0.3 is 0 Å². The van der Waals surface area contributed by atoms with Crippen LogP contribution in [0.3, 0.4) is 0 Å². The minimum Gasteiger partial charge on any atom is -0.373 e. The second kappa shape index (κ2) is 9.82. The molecule has 0 radical (unpaired) electrons. The fourth-order valence-electron chi connectivity index (χ4n) is 5.23. The topological polar surface area (TPSA) is 9.23 Å². The summed E-state index contributed by atoms with van der Waals surface area (Å²) >= 11 is 0. The van der Waals surface area contributed by atoms with Crippen molar-refractivity contribution in [3.63, 3.8) is 0 Å². The average Bonchev–Trinajstić information content (AvgIpc) is 2.70. The van der Waals surface area contributed by atoms with Crippen molar-refractivity contribution < 1.29 is 13.5 Å². The van der Waals surface area contributed by atoms with E-state index in [-0.39, 0.29) is 12.2 Å². The molecule has 2 saturated carbocycles. The van der Waals surface area contributed by atoms with Crippen molar-refractivity contribution in [2.75, 3.05) is 6.61 Å². The van der Waals surface area contributed by atoms with Gasteiger partial charge in [0.05, 0.1) is 13.2 Å². The summed E-state index contributed by atoms with van der Waals surface area (Å²) in [5, 5.41) is 0. The predicted octanol–water partition coefficient (Wildman–Crippen LogP) is 7.16. The van der Waals surface area contributed by atoms with E-state index in [1.165, 1.54) is 57.1 Å². The van der Waals surface area contributed by atoms with Crippen LogP contribution < -0.4 is 0 Å². The van der Waals surface area contributed by atoms with Crippen LogP contribution in [0.15, 0.2) is 24.8 Å². The summed E-state index contributed by atoms with van der Waals surface area (Å²) in [6.07, 6.45) is 13.0. The highest BCUT2D eigenvalue weighted by atomic mass is 19.1. The fourth-order valence-corrected chi connectivity index (χ4v) is 5.23. The van der Waals surface area contributed by atoms with Crippen LogP contribution in [-0.4, -0.2) is 6.61 Å². The van der Waals surface area contributed by atoms with Gasteiger partial charge in [0.2, 0.25) is 0 Å². The van der Waals surface area contributed by atoms with E-state index in [4.69, 9.17) is 4.74 Å². The Kier molecular flexibility index (Phi) is 7.46. The summed E-state index contributed by atoms with van der Waals surface area (Å²) in [6, 6.07) is 3.07. The van der Waals surface area contributed by atoms with Crippen LogP contribution >= 0.6 is 0 Å². The molecule has 0 heterocycles. The molecule has 3 heteroatoms. The fraction of sp³-hybridized carbons (Fsp3) is 0.667. The third kappa shape index (κ3) is 5.19. The molecule has 0 spiro atoms. The Morgan fingerprint density at radius 3 is 2.04 bits per heavy atom. The lowest BCUT2D eigenvalue weighted by Gasteiger charge is -2.38. The van der Waals surface area contributed by atoms with Crippen LogP contribution in [0.25, 0.3) is 0 Å². The van der Waals surface area contributed by atoms with E-state index in [1.807, 2.05) is 0 Å². The molecule has 0 amide bonds. The van der Waals surface area contributed by atoms with Gasteiger partial charge in [-0.05, 0) is 79.9 Å². The molecule has 2 aliphatic carbocycles. The highest BCUT2D eigenvalue weighted by Crippen LogP contribution is 2.44. The number of benzene rings is 1.